The Labute approximate surface area is 142 Å². The first-order valence-corrected chi connectivity index (χ1v) is 8.24. The largest absolute Gasteiger partial charge is 0.371 e. The quantitative estimate of drug-likeness (QED) is 0.895. The summed E-state index contributed by atoms with van der Waals surface area (Å²) < 4.78 is 0. The number of anilines is 1. The van der Waals surface area contributed by atoms with Crippen LogP contribution >= 0.6 is 11.6 Å². The van der Waals surface area contributed by atoms with Gasteiger partial charge in [-0.2, -0.15) is 0 Å². The second-order valence-corrected chi connectivity index (χ2v) is 6.65. The Morgan fingerprint density at radius 3 is 2.87 bits per heavy atom. The molecule has 0 radical (unpaired) electrons. The van der Waals surface area contributed by atoms with Gasteiger partial charge in [0.25, 0.3) is 0 Å². The molecule has 126 valence electrons. The molecule has 1 heterocycles. The smallest absolute Gasteiger partial charge is 0.239 e. The molecule has 0 saturated carbocycles. The van der Waals surface area contributed by atoms with Crippen molar-refractivity contribution in [3.8, 4) is 0 Å². The van der Waals surface area contributed by atoms with Gasteiger partial charge in [0.05, 0.1) is 6.54 Å². The van der Waals surface area contributed by atoms with Crippen molar-refractivity contribution < 1.29 is 9.59 Å². The van der Waals surface area contributed by atoms with E-state index in [0.717, 1.165) is 24.5 Å². The highest BCUT2D eigenvalue weighted by Crippen LogP contribution is 2.29. The number of halogens is 1. The summed E-state index contributed by atoms with van der Waals surface area (Å²) in [6, 6.07) is 5.93. The summed E-state index contributed by atoms with van der Waals surface area (Å²) in [5, 5.41) is 3.67. The fourth-order valence-electron chi connectivity index (χ4n) is 2.78. The van der Waals surface area contributed by atoms with Gasteiger partial charge in [0, 0.05) is 44.3 Å². The zero-order chi connectivity index (χ0) is 17.0. The van der Waals surface area contributed by atoms with Crippen LogP contribution in [0, 0.1) is 12.8 Å². The number of carbonyl (C=O) groups excluding carboxylic acids is 2. The van der Waals surface area contributed by atoms with Gasteiger partial charge in [-0.1, -0.05) is 17.7 Å². The Morgan fingerprint density at radius 2 is 2.17 bits per heavy atom. The van der Waals surface area contributed by atoms with Gasteiger partial charge in [-0.3, -0.25) is 9.59 Å². The lowest BCUT2D eigenvalue weighted by Crippen LogP contribution is -2.39. The van der Waals surface area contributed by atoms with E-state index < -0.39 is 0 Å². The van der Waals surface area contributed by atoms with Gasteiger partial charge >= 0.3 is 0 Å². The fourth-order valence-corrected chi connectivity index (χ4v) is 2.95. The van der Waals surface area contributed by atoms with Crippen molar-refractivity contribution >= 4 is 29.1 Å². The van der Waals surface area contributed by atoms with Crippen molar-refractivity contribution in [3.63, 3.8) is 0 Å². The predicted molar refractivity (Wildman–Crippen MR) is 92.8 cm³/mol. The third-order valence-electron chi connectivity index (χ3n) is 4.30. The lowest BCUT2D eigenvalue weighted by Gasteiger charge is -2.21. The molecule has 23 heavy (non-hydrogen) atoms. The summed E-state index contributed by atoms with van der Waals surface area (Å²) in [4.78, 5) is 26.7. The van der Waals surface area contributed by atoms with Gasteiger partial charge in [0.15, 0.2) is 0 Å². The summed E-state index contributed by atoms with van der Waals surface area (Å²) >= 11 is 6.09. The van der Waals surface area contributed by atoms with Crippen molar-refractivity contribution in [2.75, 3.05) is 38.1 Å². The number of nitrogens with one attached hydrogen (secondary N) is 1. The van der Waals surface area contributed by atoms with Crippen molar-refractivity contribution in [3.05, 3.63) is 28.8 Å². The number of aryl methyl sites for hydroxylation is 1. The monoisotopic (exact) mass is 337 g/mol. The summed E-state index contributed by atoms with van der Waals surface area (Å²) in [7, 11) is 1.63. The average Bonchev–Trinajstić information content (AvgIpc) is 2.96. The van der Waals surface area contributed by atoms with Crippen molar-refractivity contribution in [1.29, 1.82) is 0 Å². The molecule has 1 N–H and O–H groups in total. The molecule has 0 spiro atoms. The van der Waals surface area contributed by atoms with Crippen LogP contribution in [0.15, 0.2) is 18.2 Å². The molecule has 0 bridgehead atoms. The first-order chi connectivity index (χ1) is 10.9. The van der Waals surface area contributed by atoms with Crippen molar-refractivity contribution in [1.82, 2.24) is 10.2 Å². The Balaban J connectivity index is 1.83. The number of likely N-dealkylation sites (N-methyl/N-ethyl adjacent to an activating group) is 1. The Bertz CT molecular complexity index is 591. The van der Waals surface area contributed by atoms with Crippen LogP contribution in [-0.2, 0) is 9.59 Å². The van der Waals surface area contributed by atoms with Crippen molar-refractivity contribution in [2.24, 2.45) is 5.92 Å². The third-order valence-corrected chi connectivity index (χ3v) is 4.54. The molecule has 0 unspecified atom stereocenters. The zero-order valence-corrected chi connectivity index (χ0v) is 14.7. The normalized spacial score (nSPS) is 17.2. The minimum absolute atomic E-state index is 0.108. The molecule has 0 aromatic heterocycles. The number of nitrogens with zero attached hydrogens (tertiary/aromatic N) is 2. The van der Waals surface area contributed by atoms with Gasteiger partial charge in [0.1, 0.15) is 0 Å². The molecule has 1 fully saturated rings. The molecule has 1 aliphatic heterocycles. The van der Waals surface area contributed by atoms with Crippen LogP contribution in [0.1, 0.15) is 18.9 Å². The van der Waals surface area contributed by atoms with E-state index in [-0.39, 0.29) is 18.4 Å². The van der Waals surface area contributed by atoms with E-state index in [2.05, 4.69) is 17.1 Å². The molecule has 6 heteroatoms. The molecule has 0 aliphatic carbocycles. The molecule has 1 aliphatic rings. The molecule has 5 nitrogen and oxygen atoms in total. The number of amides is 2. The number of benzene rings is 1. The van der Waals surface area contributed by atoms with Crippen molar-refractivity contribution in [2.45, 2.75) is 20.3 Å². The van der Waals surface area contributed by atoms with Gasteiger partial charge in [0.2, 0.25) is 11.8 Å². The van der Waals surface area contributed by atoms with Crippen LogP contribution in [0.5, 0.6) is 0 Å². The minimum Gasteiger partial charge on any atom is -0.371 e. The van der Waals surface area contributed by atoms with Gasteiger partial charge in [-0.15, -0.1) is 0 Å². The minimum atomic E-state index is -0.111. The predicted octanol–water partition coefficient (Wildman–Crippen LogP) is 2.07. The molecule has 1 saturated heterocycles. The van der Waals surface area contributed by atoms with Gasteiger partial charge in [-0.05, 0) is 37.0 Å². The number of hydrogen-bond acceptors (Lipinski definition) is 3. The summed E-state index contributed by atoms with van der Waals surface area (Å²) in [6.07, 6.45) is 1.04. The molecule has 2 amide bonds. The molecule has 1 aromatic carbocycles. The number of hydrogen-bond donors (Lipinski definition) is 1. The van der Waals surface area contributed by atoms with Crippen LogP contribution in [0.4, 0.5) is 5.69 Å². The van der Waals surface area contributed by atoms with E-state index in [4.69, 9.17) is 11.6 Å². The van der Waals surface area contributed by atoms with Gasteiger partial charge in [-0.25, -0.2) is 0 Å². The summed E-state index contributed by atoms with van der Waals surface area (Å²) in [6.45, 7) is 6.16. The summed E-state index contributed by atoms with van der Waals surface area (Å²) in [5.74, 6) is 0.198. The average molecular weight is 338 g/mol. The summed E-state index contributed by atoms with van der Waals surface area (Å²) in [5.41, 5.74) is 2.38. The van der Waals surface area contributed by atoms with E-state index in [9.17, 15) is 9.59 Å². The third kappa shape index (κ3) is 4.86. The Kier molecular flexibility index (Phi) is 5.88. The highest BCUT2D eigenvalue weighted by molar-refractivity contribution is 6.30. The van der Waals surface area contributed by atoms with Crippen LogP contribution in [0.2, 0.25) is 5.02 Å². The maximum Gasteiger partial charge on any atom is 0.239 e. The van der Waals surface area contributed by atoms with Crippen LogP contribution in [0.3, 0.4) is 0 Å². The van der Waals surface area contributed by atoms with Crippen LogP contribution in [-0.4, -0.2) is 49.9 Å². The highest BCUT2D eigenvalue weighted by Gasteiger charge is 2.24. The standard InChI is InChI=1S/C17H24ClN3O2/c1-12-4-5-15(18)8-16(12)21-7-6-14(10-21)9-19-17(23)11-20(3)13(2)22/h4-5,8,14H,6-7,9-11H2,1-3H3,(H,19,23)/t14-/m0/s1. The zero-order valence-electron chi connectivity index (χ0n) is 13.9. The highest BCUT2D eigenvalue weighted by atomic mass is 35.5. The van der Waals surface area contributed by atoms with E-state index in [1.54, 1.807) is 7.05 Å². The van der Waals surface area contributed by atoms with Gasteiger partial charge < -0.3 is 15.1 Å². The maximum absolute atomic E-state index is 11.8. The Morgan fingerprint density at radius 1 is 1.43 bits per heavy atom. The number of carbonyl (C=O) groups is 2. The lowest BCUT2D eigenvalue weighted by atomic mass is 10.1. The second-order valence-electron chi connectivity index (χ2n) is 6.21. The first kappa shape index (κ1) is 17.6. The molecular weight excluding hydrogens is 314 g/mol. The van der Waals surface area contributed by atoms with Crippen LogP contribution in [0.25, 0.3) is 0 Å². The first-order valence-electron chi connectivity index (χ1n) is 7.86. The molecular formula is C17H24ClN3O2. The van der Waals surface area contributed by atoms with E-state index in [1.807, 2.05) is 18.2 Å². The lowest BCUT2D eigenvalue weighted by molar-refractivity contribution is -0.133. The molecule has 1 atom stereocenters. The fraction of sp³-hybridized carbons (Fsp3) is 0.529. The van der Waals surface area contributed by atoms with Crippen LogP contribution < -0.4 is 10.2 Å². The topological polar surface area (TPSA) is 52.7 Å². The van der Waals surface area contributed by atoms with E-state index >= 15 is 0 Å². The second kappa shape index (κ2) is 7.68. The SMILES string of the molecule is CC(=O)N(C)CC(=O)NC[C@@H]1CCN(c2cc(Cl)ccc2C)C1. The Hall–Kier alpha value is -1.75. The maximum atomic E-state index is 11.8. The number of rotatable bonds is 5. The van der Waals surface area contributed by atoms with E-state index in [0.29, 0.717) is 12.5 Å². The molecule has 1 aromatic rings. The molecule has 2 rings (SSSR count). The van der Waals surface area contributed by atoms with E-state index in [1.165, 1.54) is 23.1 Å².